The third-order valence-electron chi connectivity index (χ3n) is 4.24. The van der Waals surface area contributed by atoms with Gasteiger partial charge in [-0.3, -0.25) is 9.59 Å². The quantitative estimate of drug-likeness (QED) is 0.778. The normalized spacial score (nSPS) is 30.6. The van der Waals surface area contributed by atoms with Crippen LogP contribution in [0.1, 0.15) is 32.1 Å². The molecule has 1 saturated heterocycles. The predicted octanol–water partition coefficient (Wildman–Crippen LogP) is 0.520. The van der Waals surface area contributed by atoms with Crippen LogP contribution in [0.15, 0.2) is 0 Å². The molecule has 5 nitrogen and oxygen atoms in total. The molecule has 0 aromatic rings. The molecule has 1 aliphatic heterocycles. The fraction of sp³-hybridized carbons (Fsp3) is 0.846. The van der Waals surface area contributed by atoms with E-state index in [-0.39, 0.29) is 42.1 Å². The molecule has 3 unspecified atom stereocenters. The van der Waals surface area contributed by atoms with Gasteiger partial charge in [-0.1, -0.05) is 6.42 Å². The second-order valence-corrected chi connectivity index (χ2v) is 5.44. The second kappa shape index (κ2) is 7.10. The zero-order chi connectivity index (χ0) is 13.1. The zero-order valence-corrected chi connectivity index (χ0v) is 12.2. The van der Waals surface area contributed by atoms with Gasteiger partial charge >= 0.3 is 0 Å². The van der Waals surface area contributed by atoms with Crippen LogP contribution < -0.4 is 11.1 Å². The number of amides is 2. The molecule has 2 rings (SSSR count). The summed E-state index contributed by atoms with van der Waals surface area (Å²) in [7, 11) is 1.65. The van der Waals surface area contributed by atoms with E-state index in [4.69, 9.17) is 5.73 Å². The summed E-state index contributed by atoms with van der Waals surface area (Å²) >= 11 is 0. The maximum Gasteiger partial charge on any atom is 0.227 e. The maximum absolute atomic E-state index is 12.4. The Bertz CT molecular complexity index is 338. The molecule has 0 bridgehead atoms. The molecule has 2 aliphatic rings. The Hall–Kier alpha value is -0.810. The van der Waals surface area contributed by atoms with Gasteiger partial charge in [0.15, 0.2) is 0 Å². The molecule has 0 spiro atoms. The van der Waals surface area contributed by atoms with Crippen molar-refractivity contribution in [2.24, 2.45) is 17.6 Å². The molecule has 2 fully saturated rings. The zero-order valence-electron chi connectivity index (χ0n) is 11.4. The number of hydrogen-bond donors (Lipinski definition) is 2. The summed E-state index contributed by atoms with van der Waals surface area (Å²) in [5, 5.41) is 2.67. The summed E-state index contributed by atoms with van der Waals surface area (Å²) in [5.41, 5.74) is 5.98. The molecule has 0 radical (unpaired) electrons. The molecule has 110 valence electrons. The molecule has 1 aliphatic carbocycles. The highest BCUT2D eigenvalue weighted by Gasteiger charge is 2.36. The van der Waals surface area contributed by atoms with E-state index in [1.807, 2.05) is 4.90 Å². The highest BCUT2D eigenvalue weighted by Crippen LogP contribution is 2.28. The highest BCUT2D eigenvalue weighted by atomic mass is 35.5. The van der Waals surface area contributed by atoms with E-state index in [1.165, 1.54) is 0 Å². The van der Waals surface area contributed by atoms with E-state index < -0.39 is 0 Å². The molecular weight excluding hydrogens is 266 g/mol. The molecule has 0 aromatic carbocycles. The van der Waals surface area contributed by atoms with Crippen LogP contribution >= 0.6 is 12.4 Å². The third-order valence-corrected chi connectivity index (χ3v) is 4.24. The van der Waals surface area contributed by atoms with Crippen LogP contribution in [-0.2, 0) is 9.59 Å². The van der Waals surface area contributed by atoms with Crippen LogP contribution in [0.2, 0.25) is 0 Å². The number of nitrogens with one attached hydrogen (secondary N) is 1. The molecule has 6 heteroatoms. The topological polar surface area (TPSA) is 75.4 Å². The molecule has 3 atom stereocenters. The second-order valence-electron chi connectivity index (χ2n) is 5.44. The first-order valence-corrected chi connectivity index (χ1v) is 6.89. The van der Waals surface area contributed by atoms with Crippen LogP contribution in [-0.4, -0.2) is 42.9 Å². The lowest BCUT2D eigenvalue weighted by molar-refractivity contribution is -0.139. The van der Waals surface area contributed by atoms with E-state index in [1.54, 1.807) is 7.05 Å². The van der Waals surface area contributed by atoms with E-state index >= 15 is 0 Å². The SMILES string of the molecule is CNC(=O)C1CCCN(C(=O)C2CCCC2N)C1.Cl. The summed E-state index contributed by atoms with van der Waals surface area (Å²) in [6.07, 6.45) is 4.68. The Labute approximate surface area is 120 Å². The van der Waals surface area contributed by atoms with Gasteiger partial charge in [0.25, 0.3) is 0 Å². The lowest BCUT2D eigenvalue weighted by Gasteiger charge is -2.34. The minimum atomic E-state index is -0.0506. The van der Waals surface area contributed by atoms with Crippen molar-refractivity contribution in [3.63, 3.8) is 0 Å². The summed E-state index contributed by atoms with van der Waals surface area (Å²) < 4.78 is 0. The van der Waals surface area contributed by atoms with Crippen molar-refractivity contribution in [2.75, 3.05) is 20.1 Å². The van der Waals surface area contributed by atoms with Gasteiger partial charge < -0.3 is 16.0 Å². The number of rotatable bonds is 2. The molecule has 2 amide bonds. The Morgan fingerprint density at radius 1 is 1.21 bits per heavy atom. The van der Waals surface area contributed by atoms with E-state index in [0.29, 0.717) is 6.54 Å². The van der Waals surface area contributed by atoms with Gasteiger partial charge in [-0.25, -0.2) is 0 Å². The van der Waals surface area contributed by atoms with E-state index in [0.717, 1.165) is 38.6 Å². The summed E-state index contributed by atoms with van der Waals surface area (Å²) in [6.45, 7) is 1.33. The van der Waals surface area contributed by atoms with Crippen LogP contribution in [0.4, 0.5) is 0 Å². The first-order valence-electron chi connectivity index (χ1n) is 6.89. The molecule has 3 N–H and O–H groups in total. The number of carbonyl (C=O) groups is 2. The molecule has 1 saturated carbocycles. The minimum absolute atomic E-state index is 0. The van der Waals surface area contributed by atoms with Crippen molar-refractivity contribution in [1.82, 2.24) is 10.2 Å². The number of halogens is 1. The van der Waals surface area contributed by atoms with Crippen molar-refractivity contribution in [3.8, 4) is 0 Å². The predicted molar refractivity (Wildman–Crippen MR) is 75.9 cm³/mol. The van der Waals surface area contributed by atoms with Gasteiger partial charge in [-0.15, -0.1) is 12.4 Å². The van der Waals surface area contributed by atoms with Crippen molar-refractivity contribution in [3.05, 3.63) is 0 Å². The van der Waals surface area contributed by atoms with Gasteiger partial charge in [0, 0.05) is 26.2 Å². The largest absolute Gasteiger partial charge is 0.359 e. The Balaban J connectivity index is 0.00000180. The smallest absolute Gasteiger partial charge is 0.227 e. The average molecular weight is 290 g/mol. The number of likely N-dealkylation sites (tertiary alicyclic amines) is 1. The first kappa shape index (κ1) is 16.2. The van der Waals surface area contributed by atoms with Crippen LogP contribution in [0.25, 0.3) is 0 Å². The summed E-state index contributed by atoms with van der Waals surface area (Å²) in [5.74, 6) is 0.135. The fourth-order valence-electron chi connectivity index (χ4n) is 3.13. The van der Waals surface area contributed by atoms with Gasteiger partial charge in [0.05, 0.1) is 11.8 Å². The van der Waals surface area contributed by atoms with Crippen molar-refractivity contribution in [1.29, 1.82) is 0 Å². The highest BCUT2D eigenvalue weighted by molar-refractivity contribution is 5.85. The minimum Gasteiger partial charge on any atom is -0.359 e. The number of nitrogens with zero attached hydrogens (tertiary/aromatic N) is 1. The monoisotopic (exact) mass is 289 g/mol. The first-order chi connectivity index (χ1) is 8.63. The summed E-state index contributed by atoms with van der Waals surface area (Å²) in [4.78, 5) is 25.9. The van der Waals surface area contributed by atoms with Crippen molar-refractivity contribution in [2.45, 2.75) is 38.1 Å². The number of carbonyl (C=O) groups excluding carboxylic acids is 2. The van der Waals surface area contributed by atoms with Crippen LogP contribution in [0, 0.1) is 11.8 Å². The summed E-state index contributed by atoms with van der Waals surface area (Å²) in [6, 6.07) is 0.0119. The molecule has 0 aromatic heterocycles. The van der Waals surface area contributed by atoms with Crippen molar-refractivity contribution >= 4 is 24.2 Å². The molecule has 1 heterocycles. The van der Waals surface area contributed by atoms with Gasteiger partial charge in [0.1, 0.15) is 0 Å². The molecule has 19 heavy (non-hydrogen) atoms. The standard InChI is InChI=1S/C13H23N3O2.ClH/c1-15-12(17)9-4-3-7-16(8-9)13(18)10-5-2-6-11(10)14;/h9-11H,2-8,14H2,1H3,(H,15,17);1H. The van der Waals surface area contributed by atoms with E-state index in [2.05, 4.69) is 5.32 Å². The number of hydrogen-bond acceptors (Lipinski definition) is 3. The number of nitrogens with two attached hydrogens (primary N) is 1. The lowest BCUT2D eigenvalue weighted by atomic mass is 9.94. The van der Waals surface area contributed by atoms with Gasteiger partial charge in [-0.2, -0.15) is 0 Å². The van der Waals surface area contributed by atoms with Gasteiger partial charge in [0.2, 0.25) is 11.8 Å². The maximum atomic E-state index is 12.4. The Kier molecular flexibility index (Phi) is 6.07. The average Bonchev–Trinajstić information content (AvgIpc) is 2.83. The Morgan fingerprint density at radius 2 is 1.95 bits per heavy atom. The van der Waals surface area contributed by atoms with Gasteiger partial charge in [-0.05, 0) is 25.7 Å². The lowest BCUT2D eigenvalue weighted by Crippen LogP contribution is -2.48. The molecular formula is C13H24ClN3O2. The van der Waals surface area contributed by atoms with E-state index in [9.17, 15) is 9.59 Å². The number of piperidine rings is 1. The Morgan fingerprint density at radius 3 is 2.53 bits per heavy atom. The van der Waals surface area contributed by atoms with Crippen molar-refractivity contribution < 1.29 is 9.59 Å². The third kappa shape index (κ3) is 3.60. The van der Waals surface area contributed by atoms with Crippen LogP contribution in [0.5, 0.6) is 0 Å². The fourth-order valence-corrected chi connectivity index (χ4v) is 3.13. The van der Waals surface area contributed by atoms with Crippen LogP contribution in [0.3, 0.4) is 0 Å².